The lowest BCUT2D eigenvalue weighted by Gasteiger charge is -2.27. The molecule has 1 saturated carbocycles. The first-order chi connectivity index (χ1) is 7.18. The summed E-state index contributed by atoms with van der Waals surface area (Å²) in [6.45, 7) is 2.20. The minimum absolute atomic E-state index is 0.441. The maximum atomic E-state index is 8.00. The summed E-state index contributed by atoms with van der Waals surface area (Å²) in [5.74, 6) is 1.39. The number of amidine groups is 1. The molecule has 1 N–H and O–H groups in total. The summed E-state index contributed by atoms with van der Waals surface area (Å²) in [5.41, 5.74) is 0. The van der Waals surface area contributed by atoms with E-state index in [1.54, 1.807) is 0 Å². The summed E-state index contributed by atoms with van der Waals surface area (Å²) in [4.78, 5) is 3.55. The van der Waals surface area contributed by atoms with Crippen molar-refractivity contribution in [3.05, 3.63) is 22.4 Å². The van der Waals surface area contributed by atoms with Crippen molar-refractivity contribution in [3.8, 4) is 0 Å². The zero-order chi connectivity index (χ0) is 10.8. The second kappa shape index (κ2) is 4.35. The average molecular weight is 222 g/mol. The number of hydrogen-bond acceptors (Lipinski definition) is 2. The molecule has 0 spiro atoms. The Morgan fingerprint density at radius 3 is 2.93 bits per heavy atom. The Labute approximate surface area is 95.4 Å². The molecule has 0 saturated heterocycles. The van der Waals surface area contributed by atoms with Crippen LogP contribution in [-0.2, 0) is 6.42 Å². The molecule has 15 heavy (non-hydrogen) atoms. The first-order valence-electron chi connectivity index (χ1n) is 5.52. The number of nitrogens with zero attached hydrogens (tertiary/aromatic N) is 1. The number of likely N-dealkylation sites (N-methyl/N-ethyl adjacent to an activating group) is 1. The van der Waals surface area contributed by atoms with Crippen LogP contribution in [-0.4, -0.2) is 23.8 Å². The topological polar surface area (TPSA) is 27.1 Å². The van der Waals surface area contributed by atoms with Gasteiger partial charge in [-0.3, -0.25) is 5.41 Å². The van der Waals surface area contributed by atoms with E-state index in [1.165, 1.54) is 17.7 Å². The summed E-state index contributed by atoms with van der Waals surface area (Å²) in [6, 6.07) is 4.71. The van der Waals surface area contributed by atoms with Crippen LogP contribution in [0.15, 0.2) is 17.5 Å². The van der Waals surface area contributed by atoms with Gasteiger partial charge >= 0.3 is 0 Å². The van der Waals surface area contributed by atoms with Crippen molar-refractivity contribution in [1.82, 2.24) is 4.90 Å². The molecule has 1 atom stereocenters. The molecule has 1 heterocycles. The number of hydrogen-bond donors (Lipinski definition) is 1. The highest BCUT2D eigenvalue weighted by Crippen LogP contribution is 2.31. The van der Waals surface area contributed by atoms with Crippen molar-refractivity contribution >= 4 is 17.2 Å². The number of thiophene rings is 1. The Kier molecular flexibility index (Phi) is 3.10. The van der Waals surface area contributed by atoms with E-state index in [1.807, 2.05) is 11.3 Å². The van der Waals surface area contributed by atoms with Crippen molar-refractivity contribution in [2.24, 2.45) is 5.92 Å². The van der Waals surface area contributed by atoms with E-state index in [4.69, 9.17) is 5.41 Å². The molecule has 1 aromatic rings. The van der Waals surface area contributed by atoms with Crippen molar-refractivity contribution in [2.45, 2.75) is 32.2 Å². The van der Waals surface area contributed by atoms with Crippen LogP contribution in [0.5, 0.6) is 0 Å². The molecule has 82 valence electrons. The highest BCUT2D eigenvalue weighted by Gasteiger charge is 2.30. The molecule has 2 rings (SSSR count). The zero-order valence-corrected chi connectivity index (χ0v) is 10.2. The average Bonchev–Trinajstić information content (AvgIpc) is 2.96. The van der Waals surface area contributed by atoms with Gasteiger partial charge in [0.2, 0.25) is 0 Å². The Hall–Kier alpha value is -0.830. The molecular formula is C12H18N2S. The molecule has 1 unspecified atom stereocenters. The van der Waals surface area contributed by atoms with Gasteiger partial charge in [0.25, 0.3) is 0 Å². The van der Waals surface area contributed by atoms with E-state index in [-0.39, 0.29) is 0 Å². The summed E-state index contributed by atoms with van der Waals surface area (Å²) < 4.78 is 0. The highest BCUT2D eigenvalue weighted by molar-refractivity contribution is 7.09. The number of rotatable bonds is 4. The Bertz CT molecular complexity index is 327. The predicted molar refractivity (Wildman–Crippen MR) is 65.7 cm³/mol. The molecule has 2 nitrogen and oxygen atoms in total. The normalized spacial score (nSPS) is 17.5. The fourth-order valence-corrected chi connectivity index (χ4v) is 2.57. The van der Waals surface area contributed by atoms with Crippen LogP contribution in [0.4, 0.5) is 0 Å². The largest absolute Gasteiger partial charge is 0.360 e. The number of nitrogens with one attached hydrogen (secondary N) is 1. The second-order valence-corrected chi connectivity index (χ2v) is 5.44. The molecule has 1 aliphatic rings. The van der Waals surface area contributed by atoms with Gasteiger partial charge < -0.3 is 4.90 Å². The zero-order valence-electron chi connectivity index (χ0n) is 9.36. The van der Waals surface area contributed by atoms with Crippen molar-refractivity contribution in [3.63, 3.8) is 0 Å². The van der Waals surface area contributed by atoms with Crippen LogP contribution in [0.25, 0.3) is 0 Å². The van der Waals surface area contributed by atoms with Gasteiger partial charge in [0, 0.05) is 30.3 Å². The van der Waals surface area contributed by atoms with Crippen molar-refractivity contribution in [2.75, 3.05) is 7.05 Å². The van der Waals surface area contributed by atoms with Crippen LogP contribution in [0.1, 0.15) is 24.6 Å². The molecule has 1 aromatic heterocycles. The van der Waals surface area contributed by atoms with Gasteiger partial charge in [-0.05, 0) is 31.2 Å². The van der Waals surface area contributed by atoms with E-state index in [9.17, 15) is 0 Å². The molecule has 0 amide bonds. The van der Waals surface area contributed by atoms with Crippen LogP contribution in [0.2, 0.25) is 0 Å². The van der Waals surface area contributed by atoms with Gasteiger partial charge in [-0.1, -0.05) is 6.07 Å². The lowest BCUT2D eigenvalue weighted by Crippen LogP contribution is -2.36. The van der Waals surface area contributed by atoms with E-state index < -0.39 is 0 Å². The molecule has 1 fully saturated rings. The minimum atomic E-state index is 0.441. The first-order valence-corrected chi connectivity index (χ1v) is 6.40. The Morgan fingerprint density at radius 1 is 1.67 bits per heavy atom. The van der Waals surface area contributed by atoms with E-state index in [2.05, 4.69) is 36.4 Å². The lowest BCUT2D eigenvalue weighted by molar-refractivity contribution is 0.377. The Balaban J connectivity index is 1.89. The molecule has 0 radical (unpaired) electrons. The SMILES string of the molecule is CC(Cc1cccs1)N(C)C(=N)C1CC1. The Morgan fingerprint density at radius 2 is 2.40 bits per heavy atom. The molecule has 1 aliphatic carbocycles. The fraction of sp³-hybridized carbons (Fsp3) is 0.583. The van der Waals surface area contributed by atoms with Crippen molar-refractivity contribution < 1.29 is 0 Å². The molecular weight excluding hydrogens is 204 g/mol. The van der Waals surface area contributed by atoms with Gasteiger partial charge in [-0.25, -0.2) is 0 Å². The molecule has 0 aliphatic heterocycles. The van der Waals surface area contributed by atoms with Gasteiger partial charge in [0.05, 0.1) is 5.84 Å². The van der Waals surface area contributed by atoms with Crippen LogP contribution in [0.3, 0.4) is 0 Å². The summed E-state index contributed by atoms with van der Waals surface area (Å²) in [6.07, 6.45) is 3.49. The predicted octanol–water partition coefficient (Wildman–Crippen LogP) is 3.00. The monoisotopic (exact) mass is 222 g/mol. The first kappa shape index (κ1) is 10.7. The fourth-order valence-electron chi connectivity index (χ4n) is 1.74. The smallest absolute Gasteiger partial charge is 0.0989 e. The third kappa shape index (κ3) is 2.59. The summed E-state index contributed by atoms with van der Waals surface area (Å²) in [5, 5.41) is 10.1. The van der Waals surface area contributed by atoms with Crippen LogP contribution >= 0.6 is 11.3 Å². The highest BCUT2D eigenvalue weighted by atomic mass is 32.1. The summed E-state index contributed by atoms with van der Waals surface area (Å²) >= 11 is 1.81. The molecule has 0 aromatic carbocycles. The maximum Gasteiger partial charge on any atom is 0.0989 e. The van der Waals surface area contributed by atoms with E-state index in [0.717, 1.165) is 12.3 Å². The summed E-state index contributed by atoms with van der Waals surface area (Å²) in [7, 11) is 2.05. The third-order valence-electron chi connectivity index (χ3n) is 3.08. The van der Waals surface area contributed by atoms with Gasteiger partial charge in [-0.15, -0.1) is 11.3 Å². The van der Waals surface area contributed by atoms with E-state index >= 15 is 0 Å². The van der Waals surface area contributed by atoms with Gasteiger partial charge in [-0.2, -0.15) is 0 Å². The quantitative estimate of drug-likeness (QED) is 0.615. The van der Waals surface area contributed by atoms with Crippen LogP contribution in [0, 0.1) is 11.3 Å². The van der Waals surface area contributed by atoms with E-state index in [0.29, 0.717) is 12.0 Å². The molecule has 0 bridgehead atoms. The third-order valence-corrected chi connectivity index (χ3v) is 3.98. The lowest BCUT2D eigenvalue weighted by atomic mass is 10.1. The van der Waals surface area contributed by atoms with Crippen molar-refractivity contribution in [1.29, 1.82) is 5.41 Å². The van der Waals surface area contributed by atoms with Crippen LogP contribution < -0.4 is 0 Å². The maximum absolute atomic E-state index is 8.00. The minimum Gasteiger partial charge on any atom is -0.360 e. The second-order valence-electron chi connectivity index (χ2n) is 4.40. The van der Waals surface area contributed by atoms with Gasteiger partial charge in [0.15, 0.2) is 0 Å². The van der Waals surface area contributed by atoms with Gasteiger partial charge in [0.1, 0.15) is 0 Å². The standard InChI is InChI=1S/C12H18N2S/c1-9(8-11-4-3-7-15-11)14(2)12(13)10-5-6-10/h3-4,7,9-10,13H,5-6,8H2,1-2H3. The molecule has 3 heteroatoms.